The van der Waals surface area contributed by atoms with Crippen molar-refractivity contribution in [2.24, 2.45) is 11.7 Å². The minimum absolute atomic E-state index is 0.157. The number of rotatable bonds is 7. The topological polar surface area (TPSA) is 129 Å². The smallest absolute Gasteiger partial charge is 0.286 e. The standard InChI is InChI=1S/C15H20N4O5/c1-9(2)6-18(10-3-4-10)13(20)8-17-7-11(19(23)24)5-12(14(16)21)15(17)22/h5,7,9-10H,3-4,6,8H2,1-2H3,(H2,16,21). The van der Waals surface area contributed by atoms with E-state index < -0.39 is 27.6 Å². The summed E-state index contributed by atoms with van der Waals surface area (Å²) in [5.74, 6) is -1.10. The third-order valence-corrected chi connectivity index (χ3v) is 3.72. The van der Waals surface area contributed by atoms with Crippen LogP contribution < -0.4 is 11.3 Å². The minimum atomic E-state index is -1.06. The predicted octanol–water partition coefficient (Wildman–Crippen LogP) is 0.502. The van der Waals surface area contributed by atoms with Crippen molar-refractivity contribution in [2.75, 3.05) is 6.54 Å². The molecule has 1 aliphatic rings. The second-order valence-electron chi connectivity index (χ2n) is 6.34. The van der Waals surface area contributed by atoms with Crippen LogP contribution in [-0.2, 0) is 11.3 Å². The van der Waals surface area contributed by atoms with Crippen molar-refractivity contribution in [1.82, 2.24) is 9.47 Å². The van der Waals surface area contributed by atoms with Gasteiger partial charge in [-0.2, -0.15) is 0 Å². The van der Waals surface area contributed by atoms with Crippen LogP contribution in [0.5, 0.6) is 0 Å². The fourth-order valence-corrected chi connectivity index (χ4v) is 2.48. The van der Waals surface area contributed by atoms with E-state index in [0.29, 0.717) is 6.54 Å². The molecule has 2 rings (SSSR count). The van der Waals surface area contributed by atoms with Crippen molar-refractivity contribution in [3.05, 3.63) is 38.3 Å². The molecule has 0 aromatic carbocycles. The van der Waals surface area contributed by atoms with Gasteiger partial charge in [-0.3, -0.25) is 29.1 Å². The molecule has 24 heavy (non-hydrogen) atoms. The van der Waals surface area contributed by atoms with Gasteiger partial charge in [-0.15, -0.1) is 0 Å². The second-order valence-corrected chi connectivity index (χ2v) is 6.34. The number of nitrogens with zero attached hydrogens (tertiary/aromatic N) is 3. The van der Waals surface area contributed by atoms with Gasteiger partial charge in [0.05, 0.1) is 11.1 Å². The van der Waals surface area contributed by atoms with E-state index in [0.717, 1.165) is 29.7 Å². The van der Waals surface area contributed by atoms with Crippen LogP contribution in [0.3, 0.4) is 0 Å². The second kappa shape index (κ2) is 6.81. The van der Waals surface area contributed by atoms with Crippen molar-refractivity contribution in [3.63, 3.8) is 0 Å². The first-order valence-electron chi connectivity index (χ1n) is 7.68. The number of nitro groups is 1. The number of hydrogen-bond donors (Lipinski definition) is 1. The minimum Gasteiger partial charge on any atom is -0.365 e. The van der Waals surface area contributed by atoms with Crippen LogP contribution in [-0.4, -0.2) is 38.8 Å². The number of carbonyl (C=O) groups excluding carboxylic acids is 2. The van der Waals surface area contributed by atoms with Crippen molar-refractivity contribution >= 4 is 17.5 Å². The van der Waals surface area contributed by atoms with E-state index in [2.05, 4.69) is 0 Å². The average Bonchev–Trinajstić information content (AvgIpc) is 3.30. The normalized spacial score (nSPS) is 13.8. The van der Waals surface area contributed by atoms with E-state index in [9.17, 15) is 24.5 Å². The zero-order chi connectivity index (χ0) is 18.0. The molecule has 2 N–H and O–H groups in total. The lowest BCUT2D eigenvalue weighted by atomic mass is 10.2. The predicted molar refractivity (Wildman–Crippen MR) is 85.4 cm³/mol. The summed E-state index contributed by atoms with van der Waals surface area (Å²) >= 11 is 0. The molecule has 1 fully saturated rings. The quantitative estimate of drug-likeness (QED) is 0.572. The summed E-state index contributed by atoms with van der Waals surface area (Å²) in [7, 11) is 0. The first kappa shape index (κ1) is 17.6. The van der Waals surface area contributed by atoms with Gasteiger partial charge >= 0.3 is 0 Å². The highest BCUT2D eigenvalue weighted by atomic mass is 16.6. The third kappa shape index (κ3) is 3.98. The van der Waals surface area contributed by atoms with E-state index in [1.807, 2.05) is 13.8 Å². The molecule has 1 heterocycles. The van der Waals surface area contributed by atoms with Crippen LogP contribution in [0.2, 0.25) is 0 Å². The van der Waals surface area contributed by atoms with Gasteiger partial charge in [0, 0.05) is 18.7 Å². The molecule has 130 valence electrons. The summed E-state index contributed by atoms with van der Waals surface area (Å²) in [6, 6.07) is 0.989. The molecule has 0 unspecified atom stereocenters. The van der Waals surface area contributed by atoms with Gasteiger partial charge in [-0.05, 0) is 18.8 Å². The van der Waals surface area contributed by atoms with Crippen molar-refractivity contribution in [1.29, 1.82) is 0 Å². The molecule has 9 nitrogen and oxygen atoms in total. The van der Waals surface area contributed by atoms with E-state index in [4.69, 9.17) is 5.73 Å². The van der Waals surface area contributed by atoms with E-state index >= 15 is 0 Å². The van der Waals surface area contributed by atoms with Crippen molar-refractivity contribution in [2.45, 2.75) is 39.3 Å². The summed E-state index contributed by atoms with van der Waals surface area (Å²) in [6.45, 7) is 4.15. The zero-order valence-corrected chi connectivity index (χ0v) is 13.6. The maximum atomic E-state index is 12.5. The molecule has 0 radical (unpaired) electrons. The summed E-state index contributed by atoms with van der Waals surface area (Å²) in [6.07, 6.45) is 2.79. The van der Waals surface area contributed by atoms with Crippen molar-refractivity contribution < 1.29 is 14.5 Å². The third-order valence-electron chi connectivity index (χ3n) is 3.72. The molecule has 0 atom stereocenters. The Morgan fingerprint density at radius 3 is 2.54 bits per heavy atom. The summed E-state index contributed by atoms with van der Waals surface area (Å²) in [5.41, 5.74) is 3.33. The molecule has 1 aromatic heterocycles. The van der Waals surface area contributed by atoms with Crippen LogP contribution >= 0.6 is 0 Å². The highest BCUT2D eigenvalue weighted by molar-refractivity contribution is 5.93. The maximum Gasteiger partial charge on any atom is 0.286 e. The highest BCUT2D eigenvalue weighted by Gasteiger charge is 2.33. The van der Waals surface area contributed by atoms with E-state index in [-0.39, 0.29) is 24.4 Å². The maximum absolute atomic E-state index is 12.5. The highest BCUT2D eigenvalue weighted by Crippen LogP contribution is 2.27. The van der Waals surface area contributed by atoms with Crippen LogP contribution in [0, 0.1) is 16.0 Å². The Bertz CT molecular complexity index is 736. The molecule has 1 aromatic rings. The molecule has 1 saturated carbocycles. The molecule has 1 aliphatic carbocycles. The molecular formula is C15H20N4O5. The number of pyridine rings is 1. The number of aromatic nitrogens is 1. The van der Waals surface area contributed by atoms with Gasteiger partial charge in [0.2, 0.25) is 5.91 Å². The lowest BCUT2D eigenvalue weighted by molar-refractivity contribution is -0.385. The fourth-order valence-electron chi connectivity index (χ4n) is 2.48. The van der Waals surface area contributed by atoms with Crippen molar-refractivity contribution in [3.8, 4) is 0 Å². The molecule has 0 aliphatic heterocycles. The average molecular weight is 336 g/mol. The number of hydrogen-bond acceptors (Lipinski definition) is 5. The Labute approximate surface area is 138 Å². The van der Waals surface area contributed by atoms with Gasteiger partial charge in [0.15, 0.2) is 0 Å². The number of carbonyl (C=O) groups is 2. The Morgan fingerprint density at radius 2 is 2.08 bits per heavy atom. The number of nitrogens with two attached hydrogens (primary N) is 1. The molecule has 9 heteroatoms. The number of amides is 2. The van der Waals surface area contributed by atoms with Gasteiger partial charge < -0.3 is 10.6 Å². The number of primary amides is 1. The summed E-state index contributed by atoms with van der Waals surface area (Å²) < 4.78 is 0.885. The van der Waals surface area contributed by atoms with Gasteiger partial charge in [0.1, 0.15) is 12.1 Å². The Hall–Kier alpha value is -2.71. The van der Waals surface area contributed by atoms with Crippen LogP contribution in [0.25, 0.3) is 0 Å². The van der Waals surface area contributed by atoms with Crippen LogP contribution in [0.15, 0.2) is 17.1 Å². The Balaban J connectivity index is 2.33. The zero-order valence-electron chi connectivity index (χ0n) is 13.6. The van der Waals surface area contributed by atoms with Crippen LogP contribution in [0.4, 0.5) is 5.69 Å². The van der Waals surface area contributed by atoms with Gasteiger partial charge in [-0.1, -0.05) is 13.8 Å². The monoisotopic (exact) mass is 336 g/mol. The summed E-state index contributed by atoms with van der Waals surface area (Å²) in [5, 5.41) is 11.0. The SMILES string of the molecule is CC(C)CN(C(=O)Cn1cc([N+](=O)[O-])cc(C(N)=O)c1=O)C1CC1. The fraction of sp³-hybridized carbons (Fsp3) is 0.533. The Morgan fingerprint density at radius 1 is 1.46 bits per heavy atom. The molecule has 0 saturated heterocycles. The van der Waals surface area contributed by atoms with Gasteiger partial charge in [0.25, 0.3) is 17.2 Å². The molecule has 0 bridgehead atoms. The van der Waals surface area contributed by atoms with Crippen LogP contribution in [0.1, 0.15) is 37.0 Å². The Kier molecular flexibility index (Phi) is 5.01. The first-order valence-corrected chi connectivity index (χ1v) is 7.68. The van der Waals surface area contributed by atoms with E-state index in [1.54, 1.807) is 4.90 Å². The molecule has 0 spiro atoms. The first-order chi connectivity index (χ1) is 11.2. The molecular weight excluding hydrogens is 316 g/mol. The lowest BCUT2D eigenvalue weighted by Crippen LogP contribution is -2.41. The lowest BCUT2D eigenvalue weighted by Gasteiger charge is -2.24. The largest absolute Gasteiger partial charge is 0.365 e. The van der Waals surface area contributed by atoms with E-state index in [1.165, 1.54) is 0 Å². The molecule has 2 amide bonds. The summed E-state index contributed by atoms with van der Waals surface area (Å²) in [4.78, 5) is 48.0. The van der Waals surface area contributed by atoms with Gasteiger partial charge in [-0.25, -0.2) is 0 Å².